The molecule has 0 aliphatic rings. The number of nitrogens with one attached hydrogen (secondary N) is 1. The largest absolute Gasteiger partial charge is 0.491 e. The first kappa shape index (κ1) is 17.4. The van der Waals surface area contributed by atoms with Crippen LogP contribution in [0.5, 0.6) is 5.75 Å². The monoisotopic (exact) mass is 349 g/mol. The molecule has 1 aromatic heterocycles. The van der Waals surface area contributed by atoms with Gasteiger partial charge in [-0.25, -0.2) is 0 Å². The Balaban J connectivity index is 1.86. The highest BCUT2D eigenvalue weighted by atomic mass is 16.5. The minimum atomic E-state index is -0.440. The Labute approximate surface area is 151 Å². The smallest absolute Gasteiger partial charge is 0.256 e. The SMILES string of the molecule is Cc1cc(C(=O)Nc2ccccc2OCCC(N)=O)c2ccccc2n1. The number of hydrogen-bond donors (Lipinski definition) is 2. The van der Waals surface area contributed by atoms with Crippen LogP contribution in [-0.2, 0) is 4.79 Å². The second-order valence-electron chi connectivity index (χ2n) is 5.84. The zero-order valence-corrected chi connectivity index (χ0v) is 14.4. The molecule has 0 bridgehead atoms. The summed E-state index contributed by atoms with van der Waals surface area (Å²) >= 11 is 0. The summed E-state index contributed by atoms with van der Waals surface area (Å²) in [6.07, 6.45) is 0.108. The number of anilines is 1. The predicted molar refractivity (Wildman–Crippen MR) is 100 cm³/mol. The van der Waals surface area contributed by atoms with Crippen LogP contribution >= 0.6 is 0 Å². The number of ether oxygens (including phenoxy) is 1. The Morgan fingerprint density at radius 3 is 2.65 bits per heavy atom. The van der Waals surface area contributed by atoms with Gasteiger partial charge in [-0.05, 0) is 31.2 Å². The topological polar surface area (TPSA) is 94.3 Å². The van der Waals surface area contributed by atoms with E-state index in [0.717, 1.165) is 16.6 Å². The lowest BCUT2D eigenvalue weighted by Crippen LogP contribution is -2.16. The molecule has 2 aromatic carbocycles. The molecule has 2 amide bonds. The van der Waals surface area contributed by atoms with Crippen LogP contribution in [0, 0.1) is 6.92 Å². The van der Waals surface area contributed by atoms with Gasteiger partial charge in [-0.3, -0.25) is 14.6 Å². The van der Waals surface area contributed by atoms with Gasteiger partial charge in [0.1, 0.15) is 5.75 Å². The van der Waals surface area contributed by atoms with E-state index >= 15 is 0 Å². The fourth-order valence-electron chi connectivity index (χ4n) is 2.64. The van der Waals surface area contributed by atoms with Crippen molar-refractivity contribution in [2.24, 2.45) is 5.73 Å². The van der Waals surface area contributed by atoms with Gasteiger partial charge in [0.05, 0.1) is 29.8 Å². The van der Waals surface area contributed by atoms with Gasteiger partial charge >= 0.3 is 0 Å². The van der Waals surface area contributed by atoms with Crippen LogP contribution in [-0.4, -0.2) is 23.4 Å². The highest BCUT2D eigenvalue weighted by Gasteiger charge is 2.14. The molecule has 3 aromatic rings. The summed E-state index contributed by atoms with van der Waals surface area (Å²) in [4.78, 5) is 28.2. The molecule has 0 aliphatic carbocycles. The Morgan fingerprint density at radius 2 is 1.85 bits per heavy atom. The molecular weight excluding hydrogens is 330 g/mol. The van der Waals surface area contributed by atoms with E-state index in [9.17, 15) is 9.59 Å². The zero-order valence-electron chi connectivity index (χ0n) is 14.4. The lowest BCUT2D eigenvalue weighted by molar-refractivity contribution is -0.118. The molecule has 0 radical (unpaired) electrons. The van der Waals surface area contributed by atoms with Gasteiger partial charge in [0, 0.05) is 11.1 Å². The number of carbonyl (C=O) groups is 2. The van der Waals surface area contributed by atoms with Crippen molar-refractivity contribution in [2.45, 2.75) is 13.3 Å². The van der Waals surface area contributed by atoms with Gasteiger partial charge in [-0.2, -0.15) is 0 Å². The molecule has 3 rings (SSSR count). The summed E-state index contributed by atoms with van der Waals surface area (Å²) in [5.41, 5.74) is 7.72. The second-order valence-corrected chi connectivity index (χ2v) is 5.84. The molecule has 1 heterocycles. The number of nitrogens with two attached hydrogens (primary N) is 1. The molecule has 0 unspecified atom stereocenters. The fraction of sp³-hybridized carbons (Fsp3) is 0.150. The zero-order chi connectivity index (χ0) is 18.5. The number of para-hydroxylation sites is 3. The van der Waals surface area contributed by atoms with E-state index in [4.69, 9.17) is 10.5 Å². The number of benzene rings is 2. The highest BCUT2D eigenvalue weighted by Crippen LogP contribution is 2.26. The van der Waals surface area contributed by atoms with Crippen molar-refractivity contribution in [2.75, 3.05) is 11.9 Å². The van der Waals surface area contributed by atoms with E-state index in [2.05, 4.69) is 10.3 Å². The van der Waals surface area contributed by atoms with E-state index in [1.807, 2.05) is 31.2 Å². The summed E-state index contributed by atoms with van der Waals surface area (Å²) in [7, 11) is 0. The third-order valence-electron chi connectivity index (χ3n) is 3.83. The predicted octanol–water partition coefficient (Wildman–Crippen LogP) is 3.05. The van der Waals surface area contributed by atoms with Crippen LogP contribution in [0.4, 0.5) is 5.69 Å². The van der Waals surface area contributed by atoms with Crippen molar-refractivity contribution >= 4 is 28.4 Å². The summed E-state index contributed by atoms with van der Waals surface area (Å²) < 4.78 is 5.57. The van der Waals surface area contributed by atoms with Crippen molar-refractivity contribution in [3.05, 3.63) is 65.9 Å². The standard InChI is InChI=1S/C20H19N3O3/c1-13-12-15(14-6-2-3-7-16(14)22-13)20(25)23-17-8-4-5-9-18(17)26-11-10-19(21)24/h2-9,12H,10-11H2,1H3,(H2,21,24)(H,23,25). The maximum atomic E-state index is 12.8. The lowest BCUT2D eigenvalue weighted by Gasteiger charge is -2.13. The van der Waals surface area contributed by atoms with Crippen LogP contribution in [0.25, 0.3) is 10.9 Å². The number of carbonyl (C=O) groups excluding carboxylic acids is 2. The normalized spacial score (nSPS) is 10.5. The number of nitrogens with zero attached hydrogens (tertiary/aromatic N) is 1. The number of aryl methyl sites for hydroxylation is 1. The number of amides is 2. The van der Waals surface area contributed by atoms with Crippen LogP contribution in [0.15, 0.2) is 54.6 Å². The minimum absolute atomic E-state index is 0.108. The number of hydrogen-bond acceptors (Lipinski definition) is 4. The second kappa shape index (κ2) is 7.65. The molecule has 6 heteroatoms. The molecule has 26 heavy (non-hydrogen) atoms. The average Bonchev–Trinajstić information content (AvgIpc) is 2.62. The van der Waals surface area contributed by atoms with Gasteiger partial charge in [-0.15, -0.1) is 0 Å². The maximum Gasteiger partial charge on any atom is 0.256 e. The average molecular weight is 349 g/mol. The first-order chi connectivity index (χ1) is 12.5. The molecule has 132 valence electrons. The quantitative estimate of drug-likeness (QED) is 0.715. The molecule has 0 fully saturated rings. The number of fused-ring (bicyclic) bond motifs is 1. The van der Waals surface area contributed by atoms with Crippen molar-refractivity contribution in [3.8, 4) is 5.75 Å². The Hall–Kier alpha value is -3.41. The highest BCUT2D eigenvalue weighted by molar-refractivity contribution is 6.12. The van der Waals surface area contributed by atoms with Crippen LogP contribution < -0.4 is 15.8 Å². The van der Waals surface area contributed by atoms with E-state index in [0.29, 0.717) is 17.0 Å². The summed E-state index contributed by atoms with van der Waals surface area (Å²) in [5.74, 6) is -0.208. The van der Waals surface area contributed by atoms with Gasteiger partial charge in [0.15, 0.2) is 0 Å². The Morgan fingerprint density at radius 1 is 1.12 bits per heavy atom. The Kier molecular flexibility index (Phi) is 5.12. The number of aromatic nitrogens is 1. The fourth-order valence-corrected chi connectivity index (χ4v) is 2.64. The molecule has 0 spiro atoms. The molecule has 0 atom stereocenters. The molecule has 6 nitrogen and oxygen atoms in total. The minimum Gasteiger partial charge on any atom is -0.491 e. The van der Waals surface area contributed by atoms with Crippen LogP contribution in [0.1, 0.15) is 22.5 Å². The summed E-state index contributed by atoms with van der Waals surface area (Å²) in [6, 6.07) is 16.3. The van der Waals surface area contributed by atoms with Gasteiger partial charge in [-0.1, -0.05) is 30.3 Å². The third-order valence-corrected chi connectivity index (χ3v) is 3.83. The summed E-state index contributed by atoms with van der Waals surface area (Å²) in [6.45, 7) is 2.00. The van der Waals surface area contributed by atoms with Crippen molar-refractivity contribution < 1.29 is 14.3 Å². The molecule has 0 aliphatic heterocycles. The lowest BCUT2D eigenvalue weighted by atomic mass is 10.1. The van der Waals surface area contributed by atoms with Crippen LogP contribution in [0.3, 0.4) is 0 Å². The molecule has 0 saturated heterocycles. The van der Waals surface area contributed by atoms with E-state index in [1.165, 1.54) is 0 Å². The van der Waals surface area contributed by atoms with Crippen LogP contribution in [0.2, 0.25) is 0 Å². The first-order valence-electron chi connectivity index (χ1n) is 8.22. The van der Waals surface area contributed by atoms with Crippen molar-refractivity contribution in [1.82, 2.24) is 4.98 Å². The number of rotatable bonds is 6. The van der Waals surface area contributed by atoms with E-state index in [-0.39, 0.29) is 18.9 Å². The molecular formula is C20H19N3O3. The van der Waals surface area contributed by atoms with Crippen molar-refractivity contribution in [1.29, 1.82) is 0 Å². The first-order valence-corrected chi connectivity index (χ1v) is 8.22. The van der Waals surface area contributed by atoms with Gasteiger partial charge in [0.25, 0.3) is 5.91 Å². The summed E-state index contributed by atoms with van der Waals surface area (Å²) in [5, 5.41) is 3.66. The Bertz CT molecular complexity index is 969. The van der Waals surface area contributed by atoms with E-state index < -0.39 is 5.91 Å². The molecule has 0 saturated carbocycles. The van der Waals surface area contributed by atoms with E-state index in [1.54, 1.807) is 30.3 Å². The van der Waals surface area contributed by atoms with Gasteiger partial charge < -0.3 is 15.8 Å². The maximum absolute atomic E-state index is 12.8. The third kappa shape index (κ3) is 3.97. The van der Waals surface area contributed by atoms with Gasteiger partial charge in [0.2, 0.25) is 5.91 Å². The number of primary amides is 1. The van der Waals surface area contributed by atoms with Crippen molar-refractivity contribution in [3.63, 3.8) is 0 Å². The number of pyridine rings is 1. The molecule has 3 N–H and O–H groups in total.